The Morgan fingerprint density at radius 2 is 1.90 bits per heavy atom. The van der Waals surface area contributed by atoms with E-state index in [1.165, 1.54) is 32.0 Å². The van der Waals surface area contributed by atoms with Crippen molar-refractivity contribution in [2.24, 2.45) is 5.92 Å². The summed E-state index contributed by atoms with van der Waals surface area (Å²) in [6, 6.07) is 9.09. The Balaban J connectivity index is 1.35. The molecule has 0 saturated heterocycles. The molecule has 4 rings (SSSR count). The van der Waals surface area contributed by atoms with Crippen LogP contribution in [0, 0.1) is 19.8 Å². The van der Waals surface area contributed by atoms with Crippen molar-refractivity contribution in [3.63, 3.8) is 0 Å². The Morgan fingerprint density at radius 1 is 1.13 bits per heavy atom. The van der Waals surface area contributed by atoms with E-state index < -0.39 is 0 Å². The van der Waals surface area contributed by atoms with Gasteiger partial charge in [-0.15, -0.1) is 0 Å². The van der Waals surface area contributed by atoms with Gasteiger partial charge in [0.25, 0.3) is 0 Å². The van der Waals surface area contributed by atoms with Gasteiger partial charge in [-0.2, -0.15) is 0 Å². The number of nitrogens with one attached hydrogen (secondary N) is 1. The quantitative estimate of drug-likeness (QED) is 0.599. The number of aryl methyl sites for hydroxylation is 1. The van der Waals surface area contributed by atoms with Crippen LogP contribution >= 0.6 is 0 Å². The minimum absolute atomic E-state index is 0.0713. The van der Waals surface area contributed by atoms with Crippen molar-refractivity contribution >= 4 is 11.6 Å². The second-order valence-electron chi connectivity index (χ2n) is 7.86. The van der Waals surface area contributed by atoms with Crippen molar-refractivity contribution < 1.29 is 9.53 Å². The number of hydrogen-bond donors (Lipinski definition) is 1. The normalized spacial score (nSPS) is 14.1. The molecule has 7 heteroatoms. The van der Waals surface area contributed by atoms with Crippen LogP contribution in [0.4, 0.5) is 5.69 Å². The van der Waals surface area contributed by atoms with Gasteiger partial charge in [-0.05, 0) is 50.5 Å². The summed E-state index contributed by atoms with van der Waals surface area (Å²) in [7, 11) is 0. The first-order chi connectivity index (χ1) is 14.6. The smallest absolute Gasteiger partial charge is 0.224 e. The standard InChI is InChI=1S/C23H27N5O2/c1-16-17(2)28(15-26-16)21-13-23(25-14-24-21)30-20-10-8-19(9-11-20)27-22(29)12-7-18-5-3-4-6-18/h8-11,13-15,18H,3-7,12H2,1-2H3,(H,27,29). The molecule has 0 radical (unpaired) electrons. The Morgan fingerprint density at radius 3 is 2.60 bits per heavy atom. The van der Waals surface area contributed by atoms with Crippen molar-refractivity contribution in [1.29, 1.82) is 0 Å². The van der Waals surface area contributed by atoms with E-state index in [4.69, 9.17) is 4.74 Å². The third kappa shape index (κ3) is 4.84. The first-order valence-electron chi connectivity index (χ1n) is 10.5. The number of rotatable bonds is 7. The number of carbonyl (C=O) groups is 1. The van der Waals surface area contributed by atoms with Crippen LogP contribution in [-0.4, -0.2) is 25.4 Å². The number of nitrogens with zero attached hydrogens (tertiary/aromatic N) is 4. The first-order valence-corrected chi connectivity index (χ1v) is 10.5. The highest BCUT2D eigenvalue weighted by Crippen LogP contribution is 2.29. The zero-order chi connectivity index (χ0) is 20.9. The van der Waals surface area contributed by atoms with Crippen molar-refractivity contribution in [3.05, 3.63) is 54.4 Å². The molecule has 1 saturated carbocycles. The number of hydrogen-bond acceptors (Lipinski definition) is 5. The van der Waals surface area contributed by atoms with Crippen LogP contribution in [0.15, 0.2) is 43.0 Å². The van der Waals surface area contributed by atoms with E-state index in [1.54, 1.807) is 12.4 Å². The molecule has 0 spiro atoms. The molecule has 0 atom stereocenters. The zero-order valence-electron chi connectivity index (χ0n) is 17.5. The number of imidazole rings is 1. The van der Waals surface area contributed by atoms with Gasteiger partial charge in [0.05, 0.1) is 5.69 Å². The van der Waals surface area contributed by atoms with Gasteiger partial charge in [0.2, 0.25) is 11.8 Å². The maximum atomic E-state index is 12.2. The van der Waals surface area contributed by atoms with Gasteiger partial charge in [-0.25, -0.2) is 15.0 Å². The molecule has 0 unspecified atom stereocenters. The Kier molecular flexibility index (Phi) is 6.07. The Labute approximate surface area is 176 Å². The zero-order valence-corrected chi connectivity index (χ0v) is 17.5. The largest absolute Gasteiger partial charge is 0.439 e. The predicted octanol–water partition coefficient (Wildman–Crippen LogP) is 4.98. The topological polar surface area (TPSA) is 81.9 Å². The molecule has 2 heterocycles. The summed E-state index contributed by atoms with van der Waals surface area (Å²) in [5, 5.41) is 2.97. The van der Waals surface area contributed by atoms with Crippen LogP contribution in [0.5, 0.6) is 11.6 Å². The van der Waals surface area contributed by atoms with Crippen molar-refractivity contribution in [3.8, 4) is 17.4 Å². The van der Waals surface area contributed by atoms with Gasteiger partial charge < -0.3 is 10.1 Å². The number of carbonyl (C=O) groups excluding carboxylic acids is 1. The number of aromatic nitrogens is 4. The summed E-state index contributed by atoms with van der Waals surface area (Å²) in [6.45, 7) is 3.95. The van der Waals surface area contributed by atoms with Gasteiger partial charge >= 0.3 is 0 Å². The van der Waals surface area contributed by atoms with Crippen LogP contribution in [0.2, 0.25) is 0 Å². The molecule has 0 aliphatic heterocycles. The summed E-state index contributed by atoms with van der Waals surface area (Å²) < 4.78 is 7.76. The molecule has 156 valence electrons. The predicted molar refractivity (Wildman–Crippen MR) is 115 cm³/mol. The number of amides is 1. The third-order valence-electron chi connectivity index (χ3n) is 5.74. The molecule has 1 aliphatic rings. The lowest BCUT2D eigenvalue weighted by Crippen LogP contribution is -2.12. The van der Waals surface area contributed by atoms with Crippen LogP contribution in [0.3, 0.4) is 0 Å². The summed E-state index contributed by atoms with van der Waals surface area (Å²) in [5.41, 5.74) is 2.75. The Bertz CT molecular complexity index is 1010. The minimum Gasteiger partial charge on any atom is -0.439 e. The number of anilines is 1. The summed E-state index contributed by atoms with van der Waals surface area (Å²) in [4.78, 5) is 25.0. The number of ether oxygens (including phenoxy) is 1. The van der Waals surface area contributed by atoms with Gasteiger partial charge in [-0.3, -0.25) is 9.36 Å². The highest BCUT2D eigenvalue weighted by atomic mass is 16.5. The lowest BCUT2D eigenvalue weighted by molar-refractivity contribution is -0.116. The fourth-order valence-corrected chi connectivity index (χ4v) is 3.83. The molecule has 2 aromatic heterocycles. The molecule has 3 aromatic rings. The number of benzene rings is 1. The molecule has 30 heavy (non-hydrogen) atoms. The maximum Gasteiger partial charge on any atom is 0.224 e. The second-order valence-corrected chi connectivity index (χ2v) is 7.86. The first kappa shape index (κ1) is 20.1. The van der Waals surface area contributed by atoms with Gasteiger partial charge in [-0.1, -0.05) is 25.7 Å². The summed E-state index contributed by atoms with van der Waals surface area (Å²) in [5.74, 6) is 2.58. The van der Waals surface area contributed by atoms with Crippen LogP contribution in [0.25, 0.3) is 5.82 Å². The van der Waals surface area contributed by atoms with Crippen LogP contribution in [0.1, 0.15) is 49.9 Å². The summed E-state index contributed by atoms with van der Waals surface area (Å²) >= 11 is 0. The van der Waals surface area contributed by atoms with E-state index in [9.17, 15) is 4.79 Å². The van der Waals surface area contributed by atoms with Gasteiger partial charge in [0, 0.05) is 23.9 Å². The van der Waals surface area contributed by atoms with Crippen LogP contribution in [-0.2, 0) is 4.79 Å². The molecule has 0 bridgehead atoms. The minimum atomic E-state index is 0.0713. The molecule has 7 nitrogen and oxygen atoms in total. The van der Waals surface area contributed by atoms with E-state index in [-0.39, 0.29) is 5.91 Å². The molecule has 1 aliphatic carbocycles. The van der Waals surface area contributed by atoms with Crippen molar-refractivity contribution in [2.45, 2.75) is 52.4 Å². The fraction of sp³-hybridized carbons (Fsp3) is 0.391. The average molecular weight is 406 g/mol. The molecule has 1 N–H and O–H groups in total. The van der Waals surface area contributed by atoms with Crippen molar-refractivity contribution in [2.75, 3.05) is 5.32 Å². The van der Waals surface area contributed by atoms with Crippen molar-refractivity contribution in [1.82, 2.24) is 19.5 Å². The van der Waals surface area contributed by atoms with Gasteiger partial charge in [0.15, 0.2) is 0 Å². The van der Waals surface area contributed by atoms with Gasteiger partial charge in [0.1, 0.15) is 24.2 Å². The molecule has 1 fully saturated rings. The van der Waals surface area contributed by atoms with E-state index >= 15 is 0 Å². The summed E-state index contributed by atoms with van der Waals surface area (Å²) in [6.07, 6.45) is 9.93. The SMILES string of the molecule is Cc1ncn(-c2cc(Oc3ccc(NC(=O)CCC4CCCC4)cc3)ncn2)c1C. The fourth-order valence-electron chi connectivity index (χ4n) is 3.83. The highest BCUT2D eigenvalue weighted by molar-refractivity contribution is 5.90. The lowest BCUT2D eigenvalue weighted by atomic mass is 10.0. The van der Waals surface area contributed by atoms with Crippen LogP contribution < -0.4 is 10.1 Å². The highest BCUT2D eigenvalue weighted by Gasteiger charge is 2.16. The average Bonchev–Trinajstić information content (AvgIpc) is 3.39. The molecule has 1 aromatic carbocycles. The maximum absolute atomic E-state index is 12.2. The molecular weight excluding hydrogens is 378 g/mol. The molecule has 1 amide bonds. The van der Waals surface area contributed by atoms with E-state index in [0.717, 1.165) is 29.4 Å². The molecular formula is C23H27N5O2. The monoisotopic (exact) mass is 405 g/mol. The third-order valence-corrected chi connectivity index (χ3v) is 5.74. The van der Waals surface area contributed by atoms with E-state index in [2.05, 4.69) is 20.3 Å². The van der Waals surface area contributed by atoms with E-state index in [1.807, 2.05) is 42.7 Å². The second kappa shape index (κ2) is 9.07. The van der Waals surface area contributed by atoms with E-state index in [0.29, 0.717) is 23.9 Å². The Hall–Kier alpha value is -3.22. The lowest BCUT2D eigenvalue weighted by Gasteiger charge is -2.10.